The van der Waals surface area contributed by atoms with Crippen LogP contribution in [0.4, 0.5) is 10.1 Å². The van der Waals surface area contributed by atoms with Crippen molar-refractivity contribution in [1.29, 1.82) is 0 Å². The first kappa shape index (κ1) is 18.9. The van der Waals surface area contributed by atoms with E-state index in [2.05, 4.69) is 56.2 Å². The van der Waals surface area contributed by atoms with E-state index in [-0.39, 0.29) is 5.82 Å². The molecule has 2 nitrogen and oxygen atoms in total. The first-order valence-corrected chi connectivity index (χ1v) is 9.76. The van der Waals surface area contributed by atoms with Gasteiger partial charge in [-0.05, 0) is 85.8 Å². The van der Waals surface area contributed by atoms with Crippen LogP contribution >= 0.6 is 31.9 Å². The highest BCUT2D eigenvalue weighted by molar-refractivity contribution is 9.11. The van der Waals surface area contributed by atoms with E-state index in [1.807, 2.05) is 24.3 Å². The Kier molecular flexibility index (Phi) is 6.33. The first-order chi connectivity index (χ1) is 12.5. The fourth-order valence-electron chi connectivity index (χ4n) is 2.56. The molecule has 3 rings (SSSR count). The van der Waals surface area contributed by atoms with Crippen LogP contribution in [0.2, 0.25) is 0 Å². The van der Waals surface area contributed by atoms with E-state index in [1.165, 1.54) is 17.7 Å². The van der Waals surface area contributed by atoms with Crippen molar-refractivity contribution in [2.24, 2.45) is 0 Å². The average Bonchev–Trinajstić information content (AvgIpc) is 2.62. The van der Waals surface area contributed by atoms with E-state index in [1.54, 1.807) is 12.1 Å². The highest BCUT2D eigenvalue weighted by Gasteiger charge is 2.10. The van der Waals surface area contributed by atoms with Crippen molar-refractivity contribution < 1.29 is 9.13 Å². The van der Waals surface area contributed by atoms with E-state index < -0.39 is 0 Å². The van der Waals surface area contributed by atoms with E-state index in [9.17, 15) is 4.39 Å². The molecule has 5 heteroatoms. The standard InChI is InChI=1S/C21H18Br2FNO/c1-14-4-2-3-5-20(14)25-12-16-10-18(22)21(19(23)11-16)26-13-15-6-8-17(24)9-7-15/h2-11,25H,12-13H2,1H3. The first-order valence-electron chi connectivity index (χ1n) is 8.17. The van der Waals surface area contributed by atoms with Crippen LogP contribution in [0.5, 0.6) is 5.75 Å². The van der Waals surface area contributed by atoms with Gasteiger partial charge in [-0.1, -0.05) is 30.3 Å². The summed E-state index contributed by atoms with van der Waals surface area (Å²) >= 11 is 7.16. The Hall–Kier alpha value is -1.85. The van der Waals surface area contributed by atoms with Gasteiger partial charge in [0.1, 0.15) is 18.2 Å². The quantitative estimate of drug-likeness (QED) is 0.418. The zero-order valence-corrected chi connectivity index (χ0v) is 17.4. The predicted molar refractivity (Wildman–Crippen MR) is 111 cm³/mol. The molecule has 3 aromatic rings. The maximum atomic E-state index is 13.0. The number of ether oxygens (including phenoxy) is 1. The molecule has 0 saturated heterocycles. The molecule has 0 aliphatic carbocycles. The second-order valence-corrected chi connectivity index (χ2v) is 7.68. The third kappa shape index (κ3) is 4.86. The van der Waals surface area contributed by atoms with Gasteiger partial charge >= 0.3 is 0 Å². The van der Waals surface area contributed by atoms with Gasteiger partial charge in [0.25, 0.3) is 0 Å². The molecule has 0 fully saturated rings. The van der Waals surface area contributed by atoms with Gasteiger partial charge in [0.15, 0.2) is 0 Å². The van der Waals surface area contributed by atoms with E-state index in [0.29, 0.717) is 13.2 Å². The Labute approximate surface area is 169 Å². The fourth-order valence-corrected chi connectivity index (χ4v) is 4.07. The lowest BCUT2D eigenvalue weighted by atomic mass is 10.1. The van der Waals surface area contributed by atoms with E-state index >= 15 is 0 Å². The molecule has 1 N–H and O–H groups in total. The monoisotopic (exact) mass is 477 g/mol. The van der Waals surface area contributed by atoms with Gasteiger partial charge in [-0.25, -0.2) is 4.39 Å². The lowest BCUT2D eigenvalue weighted by molar-refractivity contribution is 0.302. The molecule has 134 valence electrons. The van der Waals surface area contributed by atoms with Crippen molar-refractivity contribution in [2.75, 3.05) is 5.32 Å². The molecule has 0 aliphatic rings. The largest absolute Gasteiger partial charge is 0.487 e. The summed E-state index contributed by atoms with van der Waals surface area (Å²) in [6.07, 6.45) is 0. The number of para-hydroxylation sites is 1. The van der Waals surface area contributed by atoms with Gasteiger partial charge in [-0.3, -0.25) is 0 Å². The molecular formula is C21H18Br2FNO. The van der Waals surface area contributed by atoms with Crippen molar-refractivity contribution in [2.45, 2.75) is 20.1 Å². The summed E-state index contributed by atoms with van der Waals surface area (Å²) in [6, 6.07) is 18.6. The lowest BCUT2D eigenvalue weighted by Crippen LogP contribution is -2.02. The Balaban J connectivity index is 1.67. The van der Waals surface area contributed by atoms with Gasteiger partial charge < -0.3 is 10.1 Å². The van der Waals surface area contributed by atoms with E-state index in [4.69, 9.17) is 4.74 Å². The highest BCUT2D eigenvalue weighted by atomic mass is 79.9. The Bertz CT molecular complexity index is 874. The Morgan fingerprint density at radius 2 is 1.58 bits per heavy atom. The van der Waals surface area contributed by atoms with Crippen LogP contribution in [-0.4, -0.2) is 0 Å². The summed E-state index contributed by atoms with van der Waals surface area (Å²) in [5.41, 5.74) is 4.37. The van der Waals surface area contributed by atoms with Crippen molar-refractivity contribution in [3.05, 3.63) is 92.1 Å². The minimum absolute atomic E-state index is 0.249. The molecule has 0 aromatic heterocycles. The average molecular weight is 479 g/mol. The number of rotatable bonds is 6. The van der Waals surface area contributed by atoms with Crippen LogP contribution in [0.25, 0.3) is 0 Å². The molecule has 0 radical (unpaired) electrons. The summed E-state index contributed by atoms with van der Waals surface area (Å²) in [5.74, 6) is 0.482. The topological polar surface area (TPSA) is 21.3 Å². The van der Waals surface area contributed by atoms with Crippen LogP contribution in [-0.2, 0) is 13.2 Å². The molecule has 0 bridgehead atoms. The third-order valence-electron chi connectivity index (χ3n) is 3.98. The summed E-state index contributed by atoms with van der Waals surface area (Å²) in [4.78, 5) is 0. The second-order valence-electron chi connectivity index (χ2n) is 5.97. The van der Waals surface area contributed by atoms with Crippen LogP contribution in [0.3, 0.4) is 0 Å². The van der Waals surface area contributed by atoms with Gasteiger partial charge in [0, 0.05) is 12.2 Å². The van der Waals surface area contributed by atoms with Crippen LogP contribution in [0, 0.1) is 12.7 Å². The van der Waals surface area contributed by atoms with Crippen molar-refractivity contribution in [1.82, 2.24) is 0 Å². The number of benzene rings is 3. The SMILES string of the molecule is Cc1ccccc1NCc1cc(Br)c(OCc2ccc(F)cc2)c(Br)c1. The number of aryl methyl sites for hydroxylation is 1. The number of hydrogen-bond donors (Lipinski definition) is 1. The maximum absolute atomic E-state index is 13.0. The van der Waals surface area contributed by atoms with Gasteiger partial charge in [-0.2, -0.15) is 0 Å². The molecule has 0 aliphatic heterocycles. The zero-order chi connectivity index (χ0) is 18.5. The second kappa shape index (κ2) is 8.69. The number of nitrogens with one attached hydrogen (secondary N) is 1. The third-order valence-corrected chi connectivity index (χ3v) is 5.16. The smallest absolute Gasteiger partial charge is 0.148 e. The molecule has 3 aromatic carbocycles. The minimum Gasteiger partial charge on any atom is -0.487 e. The van der Waals surface area contributed by atoms with Crippen molar-refractivity contribution in [3.8, 4) is 5.75 Å². The minimum atomic E-state index is -0.249. The molecule has 0 heterocycles. The fraction of sp³-hybridized carbons (Fsp3) is 0.143. The lowest BCUT2D eigenvalue weighted by Gasteiger charge is -2.14. The van der Waals surface area contributed by atoms with Gasteiger partial charge in [0.2, 0.25) is 0 Å². The normalized spacial score (nSPS) is 10.6. The van der Waals surface area contributed by atoms with Gasteiger partial charge in [0.05, 0.1) is 8.95 Å². The Morgan fingerprint density at radius 3 is 2.23 bits per heavy atom. The number of hydrogen-bond acceptors (Lipinski definition) is 2. The molecule has 0 amide bonds. The summed E-state index contributed by atoms with van der Waals surface area (Å²) < 4.78 is 20.6. The molecule has 26 heavy (non-hydrogen) atoms. The Morgan fingerprint density at radius 1 is 0.923 bits per heavy atom. The van der Waals surface area contributed by atoms with Crippen LogP contribution in [0.15, 0.2) is 69.6 Å². The van der Waals surface area contributed by atoms with Crippen LogP contribution < -0.4 is 10.1 Å². The van der Waals surface area contributed by atoms with Crippen molar-refractivity contribution in [3.63, 3.8) is 0 Å². The van der Waals surface area contributed by atoms with Gasteiger partial charge in [-0.15, -0.1) is 0 Å². The molecule has 0 atom stereocenters. The zero-order valence-electron chi connectivity index (χ0n) is 14.2. The highest BCUT2D eigenvalue weighted by Crippen LogP contribution is 2.35. The number of anilines is 1. The van der Waals surface area contributed by atoms with Crippen molar-refractivity contribution >= 4 is 37.5 Å². The predicted octanol–water partition coefficient (Wildman–Crippen LogP) is 6.85. The molecule has 0 unspecified atom stereocenters. The maximum Gasteiger partial charge on any atom is 0.148 e. The summed E-state index contributed by atoms with van der Waals surface area (Å²) in [5, 5.41) is 3.45. The molecule has 0 saturated carbocycles. The van der Waals surface area contributed by atoms with Crippen LogP contribution in [0.1, 0.15) is 16.7 Å². The van der Waals surface area contributed by atoms with E-state index in [0.717, 1.165) is 31.5 Å². The molecule has 0 spiro atoms. The summed E-state index contributed by atoms with van der Waals surface area (Å²) in [6.45, 7) is 3.17. The molecular weight excluding hydrogens is 461 g/mol. The summed E-state index contributed by atoms with van der Waals surface area (Å²) in [7, 11) is 0. The number of halogens is 3.